The van der Waals surface area contributed by atoms with Crippen LogP contribution in [0.3, 0.4) is 0 Å². The summed E-state index contributed by atoms with van der Waals surface area (Å²) in [5.41, 5.74) is 0.0979. The van der Waals surface area contributed by atoms with Gasteiger partial charge in [-0.15, -0.1) is 0 Å². The van der Waals surface area contributed by atoms with Crippen LogP contribution < -0.4 is 4.74 Å². The van der Waals surface area contributed by atoms with E-state index in [9.17, 15) is 18.0 Å². The second-order valence-electron chi connectivity index (χ2n) is 6.37. The van der Waals surface area contributed by atoms with Crippen molar-refractivity contribution in [1.82, 2.24) is 4.90 Å². The van der Waals surface area contributed by atoms with Crippen molar-refractivity contribution in [1.29, 1.82) is 0 Å². The molecular formula is C21H24F3NO3. The zero-order chi connectivity index (χ0) is 20.6. The zero-order valence-corrected chi connectivity index (χ0v) is 15.9. The van der Waals surface area contributed by atoms with E-state index in [1.165, 1.54) is 12.1 Å². The molecule has 0 heterocycles. The number of ether oxygens (including phenoxy) is 2. The number of esters is 1. The smallest absolute Gasteiger partial charge is 0.416 e. The van der Waals surface area contributed by atoms with Crippen LogP contribution in [-0.4, -0.2) is 37.6 Å². The van der Waals surface area contributed by atoms with Crippen LogP contribution in [0.1, 0.15) is 30.6 Å². The fourth-order valence-electron chi connectivity index (χ4n) is 2.72. The molecule has 0 saturated heterocycles. The molecule has 1 atom stereocenters. The van der Waals surface area contributed by atoms with Crippen LogP contribution in [-0.2, 0) is 15.7 Å². The number of alkyl halides is 3. The molecule has 0 amide bonds. The Bertz CT molecular complexity index is 750. The number of nitrogens with zero attached hydrogens (tertiary/aromatic N) is 1. The van der Waals surface area contributed by atoms with E-state index in [1.54, 1.807) is 18.9 Å². The first-order valence-corrected chi connectivity index (χ1v) is 9.02. The summed E-state index contributed by atoms with van der Waals surface area (Å²) in [6, 6.07) is 14.1. The molecule has 0 aromatic heterocycles. The van der Waals surface area contributed by atoms with Crippen molar-refractivity contribution in [3.8, 4) is 5.75 Å². The van der Waals surface area contributed by atoms with Crippen molar-refractivity contribution in [2.24, 2.45) is 0 Å². The van der Waals surface area contributed by atoms with Gasteiger partial charge in [-0.25, -0.2) is 0 Å². The number of likely N-dealkylation sites (N-methyl/N-ethyl adjacent to an activating group) is 1. The van der Waals surface area contributed by atoms with Crippen molar-refractivity contribution in [2.45, 2.75) is 25.6 Å². The molecule has 0 aliphatic carbocycles. The molecule has 28 heavy (non-hydrogen) atoms. The standard InChI is InChI=1S/C21H24F3NO3/c1-3-27-20(26)15-25(2)13-12-19(16-8-5-4-6-9-16)28-18-11-7-10-17(14-18)21(22,23)24/h4-11,14,19H,3,12-13,15H2,1-2H3. The van der Waals surface area contributed by atoms with Crippen LogP contribution in [0.5, 0.6) is 5.75 Å². The summed E-state index contributed by atoms with van der Waals surface area (Å²) < 4.78 is 49.7. The number of carbonyl (C=O) groups excluding carboxylic acids is 1. The number of hydrogen-bond donors (Lipinski definition) is 0. The number of carbonyl (C=O) groups is 1. The van der Waals surface area contributed by atoms with Gasteiger partial charge in [0, 0.05) is 13.0 Å². The number of hydrogen-bond acceptors (Lipinski definition) is 4. The normalized spacial score (nSPS) is 12.6. The molecule has 4 nitrogen and oxygen atoms in total. The third-order valence-electron chi connectivity index (χ3n) is 4.09. The maximum absolute atomic E-state index is 13.0. The van der Waals surface area contributed by atoms with E-state index in [2.05, 4.69) is 0 Å². The maximum Gasteiger partial charge on any atom is 0.416 e. The molecule has 2 rings (SSSR count). The van der Waals surface area contributed by atoms with E-state index in [4.69, 9.17) is 9.47 Å². The Hall–Kier alpha value is -2.54. The lowest BCUT2D eigenvalue weighted by molar-refractivity contribution is -0.144. The topological polar surface area (TPSA) is 38.8 Å². The van der Waals surface area contributed by atoms with Gasteiger partial charge < -0.3 is 9.47 Å². The first kappa shape index (κ1) is 21.8. The average Bonchev–Trinajstić information content (AvgIpc) is 2.65. The number of benzene rings is 2. The van der Waals surface area contributed by atoms with Crippen LogP contribution in [0.15, 0.2) is 54.6 Å². The Labute approximate surface area is 162 Å². The summed E-state index contributed by atoms with van der Waals surface area (Å²) in [4.78, 5) is 13.4. The molecule has 0 aliphatic heterocycles. The second kappa shape index (κ2) is 10.1. The molecule has 152 valence electrons. The highest BCUT2D eigenvalue weighted by Gasteiger charge is 2.30. The van der Waals surface area contributed by atoms with Crippen LogP contribution in [0.25, 0.3) is 0 Å². The summed E-state index contributed by atoms with van der Waals surface area (Å²) in [7, 11) is 1.78. The molecule has 0 radical (unpaired) electrons. The summed E-state index contributed by atoms with van der Waals surface area (Å²) in [5.74, 6) is -0.170. The third-order valence-corrected chi connectivity index (χ3v) is 4.09. The van der Waals surface area contributed by atoms with Gasteiger partial charge in [-0.2, -0.15) is 13.2 Å². The first-order chi connectivity index (χ1) is 13.3. The van der Waals surface area contributed by atoms with Crippen LogP contribution in [0.2, 0.25) is 0 Å². The minimum atomic E-state index is -4.43. The van der Waals surface area contributed by atoms with Gasteiger partial charge in [0.25, 0.3) is 0 Å². The summed E-state index contributed by atoms with van der Waals surface area (Å²) in [5, 5.41) is 0. The van der Waals surface area contributed by atoms with E-state index >= 15 is 0 Å². The second-order valence-corrected chi connectivity index (χ2v) is 6.37. The highest BCUT2D eigenvalue weighted by Crippen LogP contribution is 2.33. The SMILES string of the molecule is CCOC(=O)CN(C)CCC(Oc1cccc(C(F)(F)F)c1)c1ccccc1. The molecule has 1 unspecified atom stereocenters. The molecule has 0 aliphatic rings. The van der Waals surface area contributed by atoms with E-state index in [0.29, 0.717) is 19.6 Å². The summed E-state index contributed by atoms with van der Waals surface area (Å²) in [6.07, 6.45) is -4.38. The van der Waals surface area contributed by atoms with Gasteiger partial charge in [0.1, 0.15) is 11.9 Å². The van der Waals surface area contributed by atoms with Crippen LogP contribution in [0.4, 0.5) is 13.2 Å². The lowest BCUT2D eigenvalue weighted by atomic mass is 10.1. The van der Waals surface area contributed by atoms with E-state index in [-0.39, 0.29) is 18.3 Å². The highest BCUT2D eigenvalue weighted by molar-refractivity contribution is 5.71. The summed E-state index contributed by atoms with van der Waals surface area (Å²) in [6.45, 7) is 2.71. The van der Waals surface area contributed by atoms with Crippen molar-refractivity contribution in [3.05, 3.63) is 65.7 Å². The monoisotopic (exact) mass is 395 g/mol. The molecule has 0 spiro atoms. The van der Waals surface area contributed by atoms with Crippen molar-refractivity contribution >= 4 is 5.97 Å². The predicted molar refractivity (Wildman–Crippen MR) is 100 cm³/mol. The fourth-order valence-corrected chi connectivity index (χ4v) is 2.72. The van der Waals surface area contributed by atoms with E-state index < -0.39 is 17.8 Å². The zero-order valence-electron chi connectivity index (χ0n) is 15.9. The molecule has 7 heteroatoms. The van der Waals surface area contributed by atoms with Crippen molar-refractivity contribution in [3.63, 3.8) is 0 Å². The van der Waals surface area contributed by atoms with Crippen LogP contribution >= 0.6 is 0 Å². The van der Waals surface area contributed by atoms with Gasteiger partial charge in [0.15, 0.2) is 0 Å². The Morgan fingerprint density at radius 1 is 1.11 bits per heavy atom. The fraction of sp³-hybridized carbons (Fsp3) is 0.381. The quantitative estimate of drug-likeness (QED) is 0.577. The highest BCUT2D eigenvalue weighted by atomic mass is 19.4. The largest absolute Gasteiger partial charge is 0.486 e. The molecule has 0 saturated carbocycles. The van der Waals surface area contributed by atoms with E-state index in [1.807, 2.05) is 30.3 Å². The maximum atomic E-state index is 13.0. The first-order valence-electron chi connectivity index (χ1n) is 9.02. The minimum absolute atomic E-state index is 0.138. The van der Waals surface area contributed by atoms with E-state index in [0.717, 1.165) is 17.7 Å². The minimum Gasteiger partial charge on any atom is -0.486 e. The van der Waals surface area contributed by atoms with Gasteiger partial charge in [-0.05, 0) is 37.7 Å². The molecular weight excluding hydrogens is 371 g/mol. The molecule has 0 fully saturated rings. The predicted octanol–water partition coefficient (Wildman–Crippen LogP) is 4.71. The van der Waals surface area contributed by atoms with Gasteiger partial charge >= 0.3 is 12.1 Å². The van der Waals surface area contributed by atoms with Gasteiger partial charge in [0.2, 0.25) is 0 Å². The lowest BCUT2D eigenvalue weighted by Crippen LogP contribution is -2.29. The Morgan fingerprint density at radius 2 is 1.82 bits per heavy atom. The van der Waals surface area contributed by atoms with Crippen molar-refractivity contribution < 1.29 is 27.4 Å². The average molecular weight is 395 g/mol. The Balaban J connectivity index is 2.10. The lowest BCUT2D eigenvalue weighted by Gasteiger charge is -2.23. The van der Waals surface area contributed by atoms with Gasteiger partial charge in [0.05, 0.1) is 18.7 Å². The molecule has 0 bridgehead atoms. The van der Waals surface area contributed by atoms with Crippen LogP contribution in [0, 0.1) is 0 Å². The Kier molecular flexibility index (Phi) is 7.87. The molecule has 0 N–H and O–H groups in total. The van der Waals surface area contributed by atoms with Crippen molar-refractivity contribution in [2.75, 3.05) is 26.7 Å². The number of halogens is 3. The molecule has 2 aromatic carbocycles. The number of rotatable bonds is 9. The summed E-state index contributed by atoms with van der Waals surface area (Å²) >= 11 is 0. The molecule has 2 aromatic rings. The third kappa shape index (κ3) is 6.88. The van der Waals surface area contributed by atoms with Gasteiger partial charge in [-0.1, -0.05) is 36.4 Å². The Morgan fingerprint density at radius 3 is 2.46 bits per heavy atom. The van der Waals surface area contributed by atoms with Gasteiger partial charge in [-0.3, -0.25) is 9.69 Å².